The summed E-state index contributed by atoms with van der Waals surface area (Å²) in [7, 11) is 0. The lowest BCUT2D eigenvalue weighted by molar-refractivity contribution is -0.136. The van der Waals surface area contributed by atoms with Gasteiger partial charge in [0.25, 0.3) is 5.91 Å². The number of carbonyl (C=O) groups excluding carboxylic acids is 2. The number of nitrogens with zero attached hydrogens (tertiary/aromatic N) is 2. The van der Waals surface area contributed by atoms with Crippen LogP contribution in [0.4, 0.5) is 17.6 Å². The second-order valence-corrected chi connectivity index (χ2v) is 13.7. The fourth-order valence-electron chi connectivity index (χ4n) is 7.35. The van der Waals surface area contributed by atoms with Gasteiger partial charge in [0.05, 0.1) is 24.8 Å². The number of rotatable bonds is 11. The summed E-state index contributed by atoms with van der Waals surface area (Å²) in [4.78, 5) is 31.7. The van der Waals surface area contributed by atoms with Crippen molar-refractivity contribution in [2.45, 2.75) is 75.3 Å². The molecule has 1 unspecified atom stereocenters. The third-order valence-electron chi connectivity index (χ3n) is 10.1. The average molecular weight is 693 g/mol. The number of amides is 2. The Labute approximate surface area is 288 Å². The number of piperazine rings is 1. The van der Waals surface area contributed by atoms with E-state index in [9.17, 15) is 32.3 Å². The zero-order valence-electron chi connectivity index (χ0n) is 27.5. The van der Waals surface area contributed by atoms with E-state index < -0.39 is 41.4 Å². The molecule has 3 aromatic carbocycles. The predicted molar refractivity (Wildman–Crippen MR) is 178 cm³/mol. The van der Waals surface area contributed by atoms with E-state index in [0.717, 1.165) is 35.6 Å². The monoisotopic (exact) mass is 692 g/mol. The molecular formula is C38H40F4N4O4. The van der Waals surface area contributed by atoms with Gasteiger partial charge in [-0.15, -0.1) is 0 Å². The molecule has 3 heterocycles. The van der Waals surface area contributed by atoms with Crippen LogP contribution in [-0.2, 0) is 22.6 Å². The third kappa shape index (κ3) is 7.28. The second kappa shape index (κ2) is 14.5. The van der Waals surface area contributed by atoms with Gasteiger partial charge < -0.3 is 30.3 Å². The number of benzene rings is 3. The molecule has 1 aliphatic carbocycles. The third-order valence-corrected chi connectivity index (χ3v) is 10.1. The number of ether oxygens (including phenoxy) is 1. The fourth-order valence-corrected chi connectivity index (χ4v) is 7.35. The van der Waals surface area contributed by atoms with Gasteiger partial charge in [-0.3, -0.25) is 9.59 Å². The molecule has 2 bridgehead atoms. The highest BCUT2D eigenvalue weighted by molar-refractivity contribution is 6.03. The number of halogens is 4. The van der Waals surface area contributed by atoms with Crippen molar-refractivity contribution in [3.8, 4) is 5.75 Å². The van der Waals surface area contributed by atoms with E-state index in [1.807, 2.05) is 24.3 Å². The lowest BCUT2D eigenvalue weighted by atomic mass is 9.82. The van der Waals surface area contributed by atoms with Crippen molar-refractivity contribution in [3.63, 3.8) is 0 Å². The van der Waals surface area contributed by atoms with Crippen molar-refractivity contribution in [2.24, 2.45) is 0 Å². The van der Waals surface area contributed by atoms with Crippen LogP contribution in [0.15, 0.2) is 66.2 Å². The molecule has 3 fully saturated rings. The zero-order valence-corrected chi connectivity index (χ0v) is 27.5. The van der Waals surface area contributed by atoms with Crippen LogP contribution in [-0.4, -0.2) is 83.2 Å². The van der Waals surface area contributed by atoms with Gasteiger partial charge >= 0.3 is 0 Å². The van der Waals surface area contributed by atoms with Crippen LogP contribution in [0, 0.1) is 23.3 Å². The maximum atomic E-state index is 14.8. The molecule has 2 saturated heterocycles. The van der Waals surface area contributed by atoms with Crippen molar-refractivity contribution in [2.75, 3.05) is 26.2 Å². The number of hydrogen-bond donors (Lipinski definition) is 3. The molecule has 3 aliphatic heterocycles. The molecule has 0 aromatic heterocycles. The number of fused-ring (bicyclic) bond motifs is 2. The molecule has 12 heteroatoms. The molecule has 8 nitrogen and oxygen atoms in total. The van der Waals surface area contributed by atoms with Gasteiger partial charge in [0, 0.05) is 49.4 Å². The summed E-state index contributed by atoms with van der Waals surface area (Å²) in [6.07, 6.45) is 2.91. The van der Waals surface area contributed by atoms with Crippen molar-refractivity contribution in [1.82, 2.24) is 20.4 Å². The van der Waals surface area contributed by atoms with Gasteiger partial charge in [-0.25, -0.2) is 13.2 Å². The van der Waals surface area contributed by atoms with Gasteiger partial charge in [0.15, 0.2) is 17.4 Å². The summed E-state index contributed by atoms with van der Waals surface area (Å²) < 4.78 is 61.4. The second-order valence-electron chi connectivity index (χ2n) is 13.7. The summed E-state index contributed by atoms with van der Waals surface area (Å²) in [6, 6.07) is 14.8. The van der Waals surface area contributed by atoms with Gasteiger partial charge in [-0.05, 0) is 73.4 Å². The maximum absolute atomic E-state index is 14.8. The molecule has 4 aliphatic rings. The molecule has 0 spiro atoms. The Morgan fingerprint density at radius 2 is 1.70 bits per heavy atom. The number of aryl methyl sites for hydroxylation is 1. The van der Waals surface area contributed by atoms with Crippen molar-refractivity contribution in [1.29, 1.82) is 0 Å². The average Bonchev–Trinajstić information content (AvgIpc) is 3.87. The lowest BCUT2D eigenvalue weighted by Crippen LogP contribution is -2.63. The largest absolute Gasteiger partial charge is 0.488 e. The van der Waals surface area contributed by atoms with Crippen molar-refractivity contribution >= 4 is 17.4 Å². The van der Waals surface area contributed by atoms with Crippen molar-refractivity contribution < 1.29 is 37.0 Å². The van der Waals surface area contributed by atoms with Crippen LogP contribution in [0.5, 0.6) is 5.75 Å². The van der Waals surface area contributed by atoms with Gasteiger partial charge in [0.2, 0.25) is 11.7 Å². The molecule has 4 atom stereocenters. The standard InChI is InChI=1S/C38H40F4N4O4/c39-29-6-2-1-5-24(29)19-46(26-11-12-26)38(49)34-28(16-25-20-45(21-33(34)44-25)37(48)32-17-27(47)18-43-32)23-9-7-22(8-10-23)4-3-15-50-36-31(41)14-13-30(40)35(36)42/h1-2,5-10,13-14,25-27,32-33,43-44,47H,3-4,11-12,15-21H2/t25-,27+,32?,33-/m0/s1. The van der Waals surface area contributed by atoms with E-state index in [-0.39, 0.29) is 49.4 Å². The van der Waals surface area contributed by atoms with Crippen LogP contribution in [0.3, 0.4) is 0 Å². The fraction of sp³-hybridized carbons (Fsp3) is 0.421. The van der Waals surface area contributed by atoms with E-state index in [2.05, 4.69) is 10.6 Å². The van der Waals surface area contributed by atoms with E-state index in [1.165, 1.54) is 6.07 Å². The molecule has 3 N–H and O–H groups in total. The number of aliphatic hydroxyl groups is 1. The normalized spacial score (nSPS) is 23.3. The first-order valence-corrected chi connectivity index (χ1v) is 17.3. The van der Waals surface area contributed by atoms with Crippen LogP contribution in [0.1, 0.15) is 48.8 Å². The SMILES string of the molecule is O=C(C1C[C@@H](O)CN1)N1C[C@@H]2CC(c3ccc(CCCOc4c(F)ccc(F)c4F)cc3)=C(C(=O)N(Cc3ccccc3F)C3CC3)[C@H](C1)N2. The molecule has 1 saturated carbocycles. The Balaban J connectivity index is 1.13. The van der Waals surface area contributed by atoms with Crippen LogP contribution in [0.25, 0.3) is 5.57 Å². The van der Waals surface area contributed by atoms with E-state index in [4.69, 9.17) is 4.74 Å². The first-order chi connectivity index (χ1) is 24.2. The summed E-state index contributed by atoms with van der Waals surface area (Å²) in [5.41, 5.74) is 3.72. The minimum atomic E-state index is -1.35. The zero-order chi connectivity index (χ0) is 34.9. The molecule has 2 amide bonds. The quantitative estimate of drug-likeness (QED) is 0.156. The van der Waals surface area contributed by atoms with Crippen LogP contribution < -0.4 is 15.4 Å². The molecule has 0 radical (unpaired) electrons. The molecule has 3 aromatic rings. The van der Waals surface area contributed by atoms with Crippen LogP contribution in [0.2, 0.25) is 0 Å². The Morgan fingerprint density at radius 3 is 2.42 bits per heavy atom. The first kappa shape index (κ1) is 34.2. The molecule has 264 valence electrons. The lowest BCUT2D eigenvalue weighted by Gasteiger charge is -2.45. The summed E-state index contributed by atoms with van der Waals surface area (Å²) in [5, 5.41) is 16.7. The summed E-state index contributed by atoms with van der Waals surface area (Å²) in [5.74, 6) is -4.85. The van der Waals surface area contributed by atoms with Gasteiger partial charge in [-0.1, -0.05) is 42.5 Å². The highest BCUT2D eigenvalue weighted by atomic mass is 19.2. The Kier molecular flexibility index (Phi) is 9.94. The summed E-state index contributed by atoms with van der Waals surface area (Å²) in [6.45, 7) is 1.24. The van der Waals surface area contributed by atoms with E-state index in [1.54, 1.807) is 28.0 Å². The number of hydrogen-bond acceptors (Lipinski definition) is 6. The first-order valence-electron chi connectivity index (χ1n) is 17.3. The maximum Gasteiger partial charge on any atom is 0.252 e. The molecular weight excluding hydrogens is 652 g/mol. The van der Waals surface area contributed by atoms with Gasteiger partial charge in [-0.2, -0.15) is 4.39 Å². The smallest absolute Gasteiger partial charge is 0.252 e. The van der Waals surface area contributed by atoms with Crippen LogP contribution >= 0.6 is 0 Å². The van der Waals surface area contributed by atoms with Gasteiger partial charge in [0.1, 0.15) is 5.82 Å². The minimum absolute atomic E-state index is 0.00185. The predicted octanol–water partition coefficient (Wildman–Crippen LogP) is 4.49. The minimum Gasteiger partial charge on any atom is -0.488 e. The Hall–Kier alpha value is -4.26. The highest BCUT2D eigenvalue weighted by Gasteiger charge is 2.44. The highest BCUT2D eigenvalue weighted by Crippen LogP contribution is 2.38. The Morgan fingerprint density at radius 1 is 0.940 bits per heavy atom. The van der Waals surface area contributed by atoms with E-state index in [0.29, 0.717) is 56.0 Å². The number of β-amino-alcohol motifs (C(OH)–C–C–N with tert-alkyl or cyclic N) is 1. The molecule has 50 heavy (non-hydrogen) atoms. The van der Waals surface area contributed by atoms with E-state index >= 15 is 0 Å². The molecule has 7 rings (SSSR count). The summed E-state index contributed by atoms with van der Waals surface area (Å²) >= 11 is 0. The number of aliphatic hydroxyl groups excluding tert-OH is 1. The Bertz CT molecular complexity index is 1780. The number of carbonyl (C=O) groups is 2. The van der Waals surface area contributed by atoms with Crippen molar-refractivity contribution in [3.05, 3.63) is 106 Å². The number of nitrogens with one attached hydrogen (secondary N) is 2. The topological polar surface area (TPSA) is 94.1 Å².